The van der Waals surface area contributed by atoms with Crippen LogP contribution >= 0.6 is 0 Å². The summed E-state index contributed by atoms with van der Waals surface area (Å²) < 4.78 is 0. The first-order valence-corrected chi connectivity index (χ1v) is 9.96. The van der Waals surface area contributed by atoms with Gasteiger partial charge in [0.1, 0.15) is 0 Å². The predicted molar refractivity (Wildman–Crippen MR) is 121 cm³/mol. The number of rotatable bonds is 5. The highest BCUT2D eigenvalue weighted by Gasteiger charge is 2.19. The first-order chi connectivity index (χ1) is 14.5. The van der Waals surface area contributed by atoms with Crippen molar-refractivity contribution < 1.29 is 9.59 Å². The van der Waals surface area contributed by atoms with Gasteiger partial charge in [-0.3, -0.25) is 9.59 Å². The van der Waals surface area contributed by atoms with E-state index in [0.29, 0.717) is 22.3 Å². The standard InChI is InChI=1S/C28H22O2/c1-19-11-15-21(16-12-19)27(29)25-9-5-3-7-23(25)24-8-4-6-10-26(24)28(30)22-17-13-20(2)14-18-22/h3-18H,1-2H3. The molecule has 0 unspecified atom stereocenters. The van der Waals surface area contributed by atoms with E-state index in [1.165, 1.54) is 0 Å². The lowest BCUT2D eigenvalue weighted by molar-refractivity contribution is 0.103. The van der Waals surface area contributed by atoms with Crippen LogP contribution in [0.2, 0.25) is 0 Å². The number of hydrogen-bond acceptors (Lipinski definition) is 2. The topological polar surface area (TPSA) is 34.1 Å². The molecule has 2 nitrogen and oxygen atoms in total. The summed E-state index contributed by atoms with van der Waals surface area (Å²) in [6, 6.07) is 30.1. The summed E-state index contributed by atoms with van der Waals surface area (Å²) in [5.74, 6) is -0.105. The van der Waals surface area contributed by atoms with Crippen molar-refractivity contribution in [2.45, 2.75) is 13.8 Å². The summed E-state index contributed by atoms with van der Waals surface area (Å²) in [6.45, 7) is 3.99. The van der Waals surface area contributed by atoms with E-state index in [1.807, 2.05) is 111 Å². The van der Waals surface area contributed by atoms with Gasteiger partial charge in [0, 0.05) is 22.3 Å². The molecule has 0 aromatic heterocycles. The molecule has 0 spiro atoms. The molecule has 0 aliphatic rings. The quantitative estimate of drug-likeness (QED) is 0.368. The monoisotopic (exact) mass is 390 g/mol. The average Bonchev–Trinajstić information content (AvgIpc) is 2.79. The van der Waals surface area contributed by atoms with Crippen molar-refractivity contribution in [2.75, 3.05) is 0 Å². The summed E-state index contributed by atoms with van der Waals surface area (Å²) in [5, 5.41) is 0. The largest absolute Gasteiger partial charge is 0.289 e. The molecule has 146 valence electrons. The summed E-state index contributed by atoms with van der Waals surface area (Å²) in [6.07, 6.45) is 0. The van der Waals surface area contributed by atoms with Gasteiger partial charge in [-0.15, -0.1) is 0 Å². The molecule has 0 N–H and O–H groups in total. The van der Waals surface area contributed by atoms with Gasteiger partial charge in [-0.25, -0.2) is 0 Å². The zero-order chi connectivity index (χ0) is 21.1. The zero-order valence-corrected chi connectivity index (χ0v) is 17.1. The lowest BCUT2D eigenvalue weighted by Gasteiger charge is -2.13. The van der Waals surface area contributed by atoms with Crippen LogP contribution in [0.25, 0.3) is 11.1 Å². The Morgan fingerprint density at radius 2 is 0.800 bits per heavy atom. The molecule has 0 bridgehead atoms. The highest BCUT2D eigenvalue weighted by atomic mass is 16.1. The normalized spacial score (nSPS) is 10.6. The van der Waals surface area contributed by atoms with Gasteiger partial charge in [-0.2, -0.15) is 0 Å². The zero-order valence-electron chi connectivity index (χ0n) is 17.1. The molecular weight excluding hydrogens is 368 g/mol. The minimum atomic E-state index is -0.0526. The molecule has 0 aliphatic carbocycles. The van der Waals surface area contributed by atoms with Crippen LogP contribution in [0.1, 0.15) is 43.0 Å². The molecule has 4 aromatic carbocycles. The van der Waals surface area contributed by atoms with Crippen LogP contribution in [-0.2, 0) is 0 Å². The van der Waals surface area contributed by atoms with Gasteiger partial charge in [0.15, 0.2) is 11.6 Å². The molecule has 0 saturated heterocycles. The van der Waals surface area contributed by atoms with E-state index in [1.54, 1.807) is 0 Å². The molecule has 0 aliphatic heterocycles. The van der Waals surface area contributed by atoms with E-state index in [-0.39, 0.29) is 11.6 Å². The number of carbonyl (C=O) groups is 2. The number of ketones is 2. The Kier molecular flexibility index (Phi) is 5.40. The van der Waals surface area contributed by atoms with E-state index in [2.05, 4.69) is 0 Å². The number of benzene rings is 4. The van der Waals surface area contributed by atoms with Crippen molar-refractivity contribution in [2.24, 2.45) is 0 Å². The summed E-state index contributed by atoms with van der Waals surface area (Å²) in [4.78, 5) is 26.5. The fourth-order valence-corrected chi connectivity index (χ4v) is 3.55. The van der Waals surface area contributed by atoms with Crippen LogP contribution in [0.4, 0.5) is 0 Å². The maximum Gasteiger partial charge on any atom is 0.193 e. The fraction of sp³-hybridized carbons (Fsp3) is 0.0714. The molecule has 2 heteroatoms. The van der Waals surface area contributed by atoms with E-state index in [9.17, 15) is 9.59 Å². The number of carbonyl (C=O) groups excluding carboxylic acids is 2. The maximum atomic E-state index is 13.3. The van der Waals surface area contributed by atoms with Gasteiger partial charge in [-0.05, 0) is 25.0 Å². The second kappa shape index (κ2) is 8.30. The molecule has 0 fully saturated rings. The maximum absolute atomic E-state index is 13.3. The van der Waals surface area contributed by atoms with Crippen molar-refractivity contribution in [3.63, 3.8) is 0 Å². The van der Waals surface area contributed by atoms with E-state index >= 15 is 0 Å². The van der Waals surface area contributed by atoms with Gasteiger partial charge in [-0.1, -0.05) is 108 Å². The van der Waals surface area contributed by atoms with Crippen molar-refractivity contribution in [1.82, 2.24) is 0 Å². The smallest absolute Gasteiger partial charge is 0.193 e. The fourth-order valence-electron chi connectivity index (χ4n) is 3.55. The molecule has 4 aromatic rings. The highest BCUT2D eigenvalue weighted by Crippen LogP contribution is 2.30. The Hall–Kier alpha value is -3.78. The van der Waals surface area contributed by atoms with Gasteiger partial charge in [0.25, 0.3) is 0 Å². The predicted octanol–water partition coefficient (Wildman–Crippen LogP) is 6.43. The molecular formula is C28H22O2. The third kappa shape index (κ3) is 3.85. The minimum absolute atomic E-state index is 0.0526. The first-order valence-electron chi connectivity index (χ1n) is 9.96. The van der Waals surface area contributed by atoms with Crippen molar-refractivity contribution in [3.8, 4) is 11.1 Å². The van der Waals surface area contributed by atoms with Crippen molar-refractivity contribution in [1.29, 1.82) is 0 Å². The highest BCUT2D eigenvalue weighted by molar-refractivity contribution is 6.16. The SMILES string of the molecule is Cc1ccc(C(=O)c2ccccc2-c2ccccc2C(=O)c2ccc(C)cc2)cc1. The molecule has 0 radical (unpaired) electrons. The summed E-state index contributed by atoms with van der Waals surface area (Å²) >= 11 is 0. The van der Waals surface area contributed by atoms with Crippen LogP contribution in [0.15, 0.2) is 97.1 Å². The van der Waals surface area contributed by atoms with Crippen LogP contribution < -0.4 is 0 Å². The minimum Gasteiger partial charge on any atom is -0.289 e. The summed E-state index contributed by atoms with van der Waals surface area (Å²) in [7, 11) is 0. The Morgan fingerprint density at radius 3 is 1.17 bits per heavy atom. The van der Waals surface area contributed by atoms with Gasteiger partial charge >= 0.3 is 0 Å². The lowest BCUT2D eigenvalue weighted by Crippen LogP contribution is -2.07. The molecule has 0 heterocycles. The Labute approximate surface area is 176 Å². The van der Waals surface area contributed by atoms with E-state index < -0.39 is 0 Å². The first kappa shape index (κ1) is 19.5. The Morgan fingerprint density at radius 1 is 0.467 bits per heavy atom. The number of hydrogen-bond donors (Lipinski definition) is 0. The van der Waals surface area contributed by atoms with Crippen molar-refractivity contribution >= 4 is 11.6 Å². The third-order valence-electron chi connectivity index (χ3n) is 5.26. The second-order valence-corrected chi connectivity index (χ2v) is 7.48. The van der Waals surface area contributed by atoms with E-state index in [0.717, 1.165) is 22.3 Å². The van der Waals surface area contributed by atoms with Crippen LogP contribution in [0.3, 0.4) is 0 Å². The Balaban J connectivity index is 1.81. The average molecular weight is 390 g/mol. The Bertz CT molecular complexity index is 1120. The van der Waals surface area contributed by atoms with Crippen LogP contribution in [0, 0.1) is 13.8 Å². The van der Waals surface area contributed by atoms with Gasteiger partial charge in [0.05, 0.1) is 0 Å². The molecule has 0 saturated carbocycles. The molecule has 30 heavy (non-hydrogen) atoms. The summed E-state index contributed by atoms with van der Waals surface area (Å²) in [5.41, 5.74) is 6.18. The lowest BCUT2D eigenvalue weighted by atomic mass is 9.89. The second-order valence-electron chi connectivity index (χ2n) is 7.48. The van der Waals surface area contributed by atoms with Crippen molar-refractivity contribution in [3.05, 3.63) is 130 Å². The molecule has 0 atom stereocenters. The van der Waals surface area contributed by atoms with Gasteiger partial charge < -0.3 is 0 Å². The van der Waals surface area contributed by atoms with Gasteiger partial charge in [0.2, 0.25) is 0 Å². The van der Waals surface area contributed by atoms with Crippen LogP contribution in [-0.4, -0.2) is 11.6 Å². The van der Waals surface area contributed by atoms with Crippen LogP contribution in [0.5, 0.6) is 0 Å². The third-order valence-corrected chi connectivity index (χ3v) is 5.26. The van der Waals surface area contributed by atoms with E-state index in [4.69, 9.17) is 0 Å². The molecule has 0 amide bonds. The number of aryl methyl sites for hydroxylation is 2. The molecule has 4 rings (SSSR count).